The summed E-state index contributed by atoms with van der Waals surface area (Å²) < 4.78 is 45.6. The van der Waals surface area contributed by atoms with Crippen molar-refractivity contribution in [2.75, 3.05) is 13.5 Å². The number of rotatable bonds is 3. The van der Waals surface area contributed by atoms with E-state index in [4.69, 9.17) is 11.6 Å². The molecule has 1 aromatic carbocycles. The van der Waals surface area contributed by atoms with Gasteiger partial charge < -0.3 is 14.6 Å². The number of likely N-dealkylation sites (tertiary alicyclic amines) is 1. The Balaban J connectivity index is 2.10. The number of aromatic amines is 1. The number of fused-ring (bicyclic) bond motifs is 1. The molecule has 1 aliphatic rings. The Kier molecular flexibility index (Phi) is 2.24. The number of carbonyl (C=O) groups is 1. The molecule has 1 atom stereocenters. The van der Waals surface area contributed by atoms with Crippen LogP contribution in [0.2, 0.25) is 0 Å². The second kappa shape index (κ2) is 5.29. The minimum absolute atomic E-state index is 0.267. The first-order valence-corrected chi connectivity index (χ1v) is 6.68. The fourth-order valence-corrected chi connectivity index (χ4v) is 2.60. The van der Waals surface area contributed by atoms with Crippen molar-refractivity contribution in [2.45, 2.75) is 32.2 Å². The maximum Gasteiger partial charge on any atom is 0.308 e. The van der Waals surface area contributed by atoms with Crippen LogP contribution in [0.3, 0.4) is 0 Å². The minimum Gasteiger partial charge on any atom is -0.426 e. The lowest BCUT2D eigenvalue weighted by Crippen LogP contribution is -2.26. The molecule has 0 unspecified atom stereocenters. The van der Waals surface area contributed by atoms with Gasteiger partial charge in [-0.25, -0.2) is 0 Å². The van der Waals surface area contributed by atoms with Crippen LogP contribution in [0.15, 0.2) is 24.4 Å². The van der Waals surface area contributed by atoms with Crippen LogP contribution in [-0.4, -0.2) is 35.4 Å². The lowest BCUT2D eigenvalue weighted by Gasteiger charge is -2.19. The third kappa shape index (κ3) is 2.43. The first kappa shape index (κ1) is 8.47. The van der Waals surface area contributed by atoms with Gasteiger partial charge in [0.1, 0.15) is 5.75 Å². The highest BCUT2D eigenvalue weighted by Crippen LogP contribution is 2.31. The monoisotopic (exact) mass is 277 g/mol. The predicted octanol–water partition coefficient (Wildman–Crippen LogP) is 2.73. The van der Waals surface area contributed by atoms with Crippen LogP contribution >= 0.6 is 0 Å². The molecule has 4 nitrogen and oxygen atoms in total. The highest BCUT2D eigenvalue weighted by molar-refractivity contribution is 5.91. The van der Waals surface area contributed by atoms with E-state index in [1.807, 2.05) is 0 Å². The quantitative estimate of drug-likeness (QED) is 0.693. The zero-order valence-electron chi connectivity index (χ0n) is 16.3. The summed E-state index contributed by atoms with van der Waals surface area (Å²) in [6.07, 6.45) is 0.697. The Hall–Kier alpha value is -1.81. The van der Waals surface area contributed by atoms with Crippen LogP contribution in [0.4, 0.5) is 0 Å². The van der Waals surface area contributed by atoms with Crippen LogP contribution in [0.5, 0.6) is 5.75 Å². The number of hydrogen-bond acceptors (Lipinski definition) is 3. The van der Waals surface area contributed by atoms with Crippen molar-refractivity contribution < 1.29 is 16.4 Å². The van der Waals surface area contributed by atoms with Gasteiger partial charge in [0.25, 0.3) is 0 Å². The van der Waals surface area contributed by atoms with E-state index in [2.05, 4.69) is 4.98 Å². The molecule has 0 radical (unpaired) electrons. The van der Waals surface area contributed by atoms with Crippen LogP contribution in [0, 0.1) is 0 Å². The molecule has 0 spiro atoms. The molecule has 0 amide bonds. The molecule has 4 heteroatoms. The van der Waals surface area contributed by atoms with Gasteiger partial charge in [-0.2, -0.15) is 0 Å². The normalized spacial score (nSPS) is 24.6. The van der Waals surface area contributed by atoms with Crippen molar-refractivity contribution in [3.05, 3.63) is 30.0 Å². The SMILES string of the molecule is [2H]C([2H])(c1c[nH]c2cccc(OC(C)=O)c12)[C@H]1CCCN1C([2H])([2H])[2H]. The zero-order valence-corrected chi connectivity index (χ0v) is 11.3. The van der Waals surface area contributed by atoms with Crippen molar-refractivity contribution in [3.63, 3.8) is 0 Å². The molecule has 3 rings (SSSR count). The maximum absolute atomic E-state index is 11.4. The molecule has 106 valence electrons. The Morgan fingerprint density at radius 1 is 1.65 bits per heavy atom. The molecule has 2 heterocycles. The molecule has 0 aliphatic carbocycles. The first-order chi connectivity index (χ1) is 11.6. The van der Waals surface area contributed by atoms with Gasteiger partial charge in [-0.05, 0) is 50.4 Å². The van der Waals surface area contributed by atoms with Gasteiger partial charge in [0, 0.05) is 36.9 Å². The summed E-state index contributed by atoms with van der Waals surface area (Å²) in [6.45, 7) is -0.730. The van der Waals surface area contributed by atoms with Crippen molar-refractivity contribution in [1.29, 1.82) is 0 Å². The van der Waals surface area contributed by atoms with Crippen molar-refractivity contribution in [3.8, 4) is 5.75 Å². The van der Waals surface area contributed by atoms with Gasteiger partial charge in [0.2, 0.25) is 0 Å². The van der Waals surface area contributed by atoms with Crippen LogP contribution < -0.4 is 4.74 Å². The number of likely N-dealkylation sites (N-methyl/N-ethyl adjacent to an activating group) is 1. The Morgan fingerprint density at radius 2 is 2.55 bits per heavy atom. The highest BCUT2D eigenvalue weighted by atomic mass is 16.5. The van der Waals surface area contributed by atoms with E-state index < -0.39 is 25.4 Å². The first-order valence-electron chi connectivity index (χ1n) is 9.18. The van der Waals surface area contributed by atoms with Gasteiger partial charge in [-0.1, -0.05) is 6.07 Å². The number of nitrogens with one attached hydrogen (secondary N) is 1. The fraction of sp³-hybridized carbons (Fsp3) is 0.438. The predicted molar refractivity (Wildman–Crippen MR) is 79.0 cm³/mol. The van der Waals surface area contributed by atoms with Crippen LogP contribution in [0.25, 0.3) is 10.9 Å². The third-order valence-electron chi connectivity index (χ3n) is 3.50. The van der Waals surface area contributed by atoms with Gasteiger partial charge in [-0.3, -0.25) is 4.79 Å². The number of benzene rings is 1. The molecule has 1 aromatic heterocycles. The third-order valence-corrected chi connectivity index (χ3v) is 3.50. The summed E-state index contributed by atoms with van der Waals surface area (Å²) in [4.78, 5) is 15.6. The number of nitrogens with zero attached hydrogens (tertiary/aromatic N) is 1. The van der Waals surface area contributed by atoms with Crippen LogP contribution in [0.1, 0.15) is 32.2 Å². The molecular formula is C16H20N2O2. The second-order valence-electron chi connectivity index (χ2n) is 4.97. The molecular weight excluding hydrogens is 252 g/mol. The van der Waals surface area contributed by atoms with E-state index in [0.29, 0.717) is 35.9 Å². The minimum atomic E-state index is -2.35. The number of hydrogen-bond donors (Lipinski definition) is 1. The highest BCUT2D eigenvalue weighted by Gasteiger charge is 2.23. The average Bonchev–Trinajstić information content (AvgIpc) is 3.14. The van der Waals surface area contributed by atoms with E-state index in [9.17, 15) is 4.79 Å². The molecule has 2 aromatic rings. The molecule has 0 saturated carbocycles. The Bertz CT molecular complexity index is 799. The summed E-state index contributed by atoms with van der Waals surface area (Å²) in [5.74, 6) is -0.228. The lowest BCUT2D eigenvalue weighted by atomic mass is 10.0. The van der Waals surface area contributed by atoms with E-state index >= 15 is 0 Å². The molecule has 1 fully saturated rings. The van der Waals surface area contributed by atoms with Crippen LogP contribution in [-0.2, 0) is 11.2 Å². The van der Waals surface area contributed by atoms with Gasteiger partial charge >= 0.3 is 5.97 Å². The molecule has 20 heavy (non-hydrogen) atoms. The number of ether oxygens (including phenoxy) is 1. The molecule has 1 aliphatic heterocycles. The van der Waals surface area contributed by atoms with E-state index in [1.54, 1.807) is 18.2 Å². The zero-order chi connectivity index (χ0) is 18.4. The molecule has 1 N–H and O–H groups in total. The average molecular weight is 277 g/mol. The smallest absolute Gasteiger partial charge is 0.308 e. The van der Waals surface area contributed by atoms with Gasteiger partial charge in [0.05, 0.1) is 0 Å². The number of aromatic nitrogens is 1. The van der Waals surface area contributed by atoms with Gasteiger partial charge in [-0.15, -0.1) is 0 Å². The summed E-state index contributed by atoms with van der Waals surface area (Å²) in [7, 11) is 0. The summed E-state index contributed by atoms with van der Waals surface area (Å²) in [6, 6.07) is 4.30. The summed E-state index contributed by atoms with van der Waals surface area (Å²) in [5.41, 5.74) is 0.941. The molecule has 1 saturated heterocycles. The van der Waals surface area contributed by atoms with Crippen molar-refractivity contribution >= 4 is 16.9 Å². The Labute approximate surface area is 125 Å². The van der Waals surface area contributed by atoms with E-state index in [0.717, 1.165) is 0 Å². The lowest BCUT2D eigenvalue weighted by molar-refractivity contribution is -0.131. The van der Waals surface area contributed by atoms with Gasteiger partial charge in [0.15, 0.2) is 0 Å². The molecule has 0 bridgehead atoms. The number of H-pyrrole nitrogens is 1. The summed E-state index contributed by atoms with van der Waals surface area (Å²) in [5, 5.41) is 0.472. The fourth-order valence-electron chi connectivity index (χ4n) is 2.60. The number of carbonyl (C=O) groups excluding carboxylic acids is 1. The van der Waals surface area contributed by atoms with E-state index in [1.165, 1.54) is 18.0 Å². The second-order valence-corrected chi connectivity index (χ2v) is 4.97. The Morgan fingerprint density at radius 3 is 3.35 bits per heavy atom. The van der Waals surface area contributed by atoms with Crippen molar-refractivity contribution in [1.82, 2.24) is 9.88 Å². The largest absolute Gasteiger partial charge is 0.426 e. The van der Waals surface area contributed by atoms with E-state index in [-0.39, 0.29) is 5.75 Å². The maximum atomic E-state index is 11.4. The topological polar surface area (TPSA) is 45.3 Å². The standard InChI is InChI=1S/C16H20N2O2/c1-11(19)20-15-7-3-6-14-16(15)12(10-17-14)9-13-5-4-8-18(13)2/h3,6-7,10,13,17H,4-5,8-9H2,1-2H3/t13-/m1/s1/i2D3,9D2. The summed E-state index contributed by atoms with van der Waals surface area (Å²) >= 11 is 0. The number of esters is 1. The van der Waals surface area contributed by atoms with Crippen molar-refractivity contribution in [2.24, 2.45) is 0 Å².